The first-order chi connectivity index (χ1) is 12.4. The number of hydrogen-bond donors (Lipinski definition) is 2. The number of nitrogens with zero attached hydrogens (tertiary/aromatic N) is 2. The second-order valence-corrected chi connectivity index (χ2v) is 9.82. The molecule has 10 nitrogen and oxygen atoms in total. The monoisotopic (exact) mass is 422 g/mol. The lowest BCUT2D eigenvalue weighted by molar-refractivity contribution is -0.159. The van der Waals surface area contributed by atoms with E-state index in [9.17, 15) is 16.8 Å². The van der Waals surface area contributed by atoms with Crippen LogP contribution in [0.1, 0.15) is 12.5 Å². The lowest BCUT2D eigenvalue weighted by Gasteiger charge is -2.33. The molecule has 2 rings (SSSR count). The molecule has 27 heavy (non-hydrogen) atoms. The van der Waals surface area contributed by atoms with Gasteiger partial charge in [-0.25, -0.2) is 26.4 Å². The van der Waals surface area contributed by atoms with Crippen molar-refractivity contribution in [2.45, 2.75) is 18.7 Å². The normalized spacial score (nSPS) is 16.2. The zero-order valence-electron chi connectivity index (χ0n) is 14.9. The molecule has 0 unspecified atom stereocenters. The summed E-state index contributed by atoms with van der Waals surface area (Å²) in [5.41, 5.74) is 0.993. The third kappa shape index (κ3) is 6.27. The standard InChI is InChI=1S/C13H20N2O4S2.C2H2O4/c1-3-20(16,17)14-8-10-15(11-9-14)21(18,19)13-6-4-12(2)5-7-13;3-1(4)2(5)6/h4-7H,3,8-11H2,1-2H3;(H,3,4)(H,5,6). The molecular formula is C15H22N2O8S2. The summed E-state index contributed by atoms with van der Waals surface area (Å²) in [6, 6.07) is 6.68. The van der Waals surface area contributed by atoms with E-state index >= 15 is 0 Å². The molecule has 1 saturated heterocycles. The van der Waals surface area contributed by atoms with Crippen LogP contribution >= 0.6 is 0 Å². The van der Waals surface area contributed by atoms with Gasteiger partial charge in [0, 0.05) is 26.2 Å². The van der Waals surface area contributed by atoms with Crippen molar-refractivity contribution in [3.63, 3.8) is 0 Å². The number of piperazine rings is 1. The summed E-state index contributed by atoms with van der Waals surface area (Å²) in [4.78, 5) is 18.4. The molecule has 12 heteroatoms. The lowest BCUT2D eigenvalue weighted by Crippen LogP contribution is -2.50. The van der Waals surface area contributed by atoms with Crippen molar-refractivity contribution < 1.29 is 36.6 Å². The molecule has 0 saturated carbocycles. The van der Waals surface area contributed by atoms with Crippen molar-refractivity contribution in [2.24, 2.45) is 0 Å². The Hall–Kier alpha value is -2.02. The van der Waals surface area contributed by atoms with Crippen LogP contribution in [0.25, 0.3) is 0 Å². The lowest BCUT2D eigenvalue weighted by atomic mass is 10.2. The Morgan fingerprint density at radius 1 is 0.889 bits per heavy atom. The van der Waals surface area contributed by atoms with Crippen molar-refractivity contribution in [2.75, 3.05) is 31.9 Å². The largest absolute Gasteiger partial charge is 0.473 e. The molecule has 0 atom stereocenters. The van der Waals surface area contributed by atoms with Gasteiger partial charge in [0.25, 0.3) is 0 Å². The van der Waals surface area contributed by atoms with Gasteiger partial charge in [-0.05, 0) is 26.0 Å². The van der Waals surface area contributed by atoms with Gasteiger partial charge >= 0.3 is 11.9 Å². The molecule has 0 amide bonds. The van der Waals surface area contributed by atoms with Gasteiger partial charge in [-0.3, -0.25) is 0 Å². The number of carboxylic acids is 2. The second-order valence-electron chi connectivity index (χ2n) is 5.63. The average Bonchev–Trinajstić information content (AvgIpc) is 2.62. The number of aliphatic carboxylic acids is 2. The molecule has 0 spiro atoms. The molecule has 0 aromatic heterocycles. The number of rotatable bonds is 4. The van der Waals surface area contributed by atoms with Crippen LogP contribution < -0.4 is 0 Å². The van der Waals surface area contributed by atoms with Gasteiger partial charge in [0.1, 0.15) is 0 Å². The van der Waals surface area contributed by atoms with E-state index in [0.29, 0.717) is 0 Å². The third-order valence-corrected chi connectivity index (χ3v) is 7.59. The minimum absolute atomic E-state index is 0.0394. The Morgan fingerprint density at radius 2 is 1.30 bits per heavy atom. The van der Waals surface area contributed by atoms with E-state index in [1.54, 1.807) is 31.2 Å². The Bertz CT molecular complexity index is 859. The summed E-state index contributed by atoms with van der Waals surface area (Å²) in [7, 11) is -6.79. The molecule has 1 aliphatic rings. The zero-order chi connectivity index (χ0) is 20.8. The average molecular weight is 422 g/mol. The summed E-state index contributed by atoms with van der Waals surface area (Å²) < 4.78 is 51.2. The summed E-state index contributed by atoms with van der Waals surface area (Å²) in [5.74, 6) is -3.61. The predicted octanol–water partition coefficient (Wildman–Crippen LogP) is -0.193. The molecule has 1 heterocycles. The fourth-order valence-electron chi connectivity index (χ4n) is 2.23. The maximum absolute atomic E-state index is 12.5. The number of carbonyl (C=O) groups is 2. The zero-order valence-corrected chi connectivity index (χ0v) is 16.5. The topological polar surface area (TPSA) is 149 Å². The van der Waals surface area contributed by atoms with E-state index in [1.165, 1.54) is 8.61 Å². The fourth-order valence-corrected chi connectivity index (χ4v) is 4.74. The highest BCUT2D eigenvalue weighted by Gasteiger charge is 2.32. The summed E-state index contributed by atoms with van der Waals surface area (Å²) >= 11 is 0. The van der Waals surface area contributed by atoms with E-state index in [4.69, 9.17) is 19.8 Å². The van der Waals surface area contributed by atoms with E-state index in [1.807, 2.05) is 6.92 Å². The highest BCUT2D eigenvalue weighted by molar-refractivity contribution is 7.89. The molecular weight excluding hydrogens is 400 g/mol. The molecule has 1 aromatic rings. The van der Waals surface area contributed by atoms with Crippen LogP contribution in [0.5, 0.6) is 0 Å². The van der Waals surface area contributed by atoms with Crippen LogP contribution in [0.15, 0.2) is 29.2 Å². The maximum Gasteiger partial charge on any atom is 0.414 e. The van der Waals surface area contributed by atoms with E-state index < -0.39 is 32.0 Å². The Labute approximate surface area is 158 Å². The Balaban J connectivity index is 0.000000527. The quantitative estimate of drug-likeness (QED) is 0.634. The van der Waals surface area contributed by atoms with Crippen molar-refractivity contribution in [1.82, 2.24) is 8.61 Å². The molecule has 1 aromatic carbocycles. The van der Waals surface area contributed by atoms with Gasteiger partial charge in [0.15, 0.2) is 0 Å². The van der Waals surface area contributed by atoms with Crippen LogP contribution in [0.4, 0.5) is 0 Å². The first kappa shape index (κ1) is 23.0. The summed E-state index contributed by atoms with van der Waals surface area (Å²) in [6.07, 6.45) is 0. The van der Waals surface area contributed by atoms with Crippen LogP contribution in [0.3, 0.4) is 0 Å². The van der Waals surface area contributed by atoms with Crippen molar-refractivity contribution in [3.05, 3.63) is 29.8 Å². The smallest absolute Gasteiger partial charge is 0.414 e. The summed E-state index contributed by atoms with van der Waals surface area (Å²) in [5, 5.41) is 14.8. The SMILES string of the molecule is CCS(=O)(=O)N1CCN(S(=O)(=O)c2ccc(C)cc2)CC1.O=C(O)C(=O)O. The van der Waals surface area contributed by atoms with Gasteiger partial charge in [0.2, 0.25) is 20.0 Å². The minimum Gasteiger partial charge on any atom is -0.473 e. The van der Waals surface area contributed by atoms with Crippen LogP contribution in [0.2, 0.25) is 0 Å². The Morgan fingerprint density at radius 3 is 1.67 bits per heavy atom. The highest BCUT2D eigenvalue weighted by atomic mass is 32.2. The van der Waals surface area contributed by atoms with E-state index in [0.717, 1.165) is 5.56 Å². The minimum atomic E-state index is -3.54. The Kier molecular flexibility index (Phi) is 7.90. The van der Waals surface area contributed by atoms with E-state index in [-0.39, 0.29) is 36.8 Å². The van der Waals surface area contributed by atoms with Gasteiger partial charge in [-0.2, -0.15) is 8.61 Å². The number of sulfonamides is 2. The van der Waals surface area contributed by atoms with Gasteiger partial charge in [-0.1, -0.05) is 17.7 Å². The maximum atomic E-state index is 12.5. The number of hydrogen-bond acceptors (Lipinski definition) is 6. The highest BCUT2D eigenvalue weighted by Crippen LogP contribution is 2.19. The first-order valence-electron chi connectivity index (χ1n) is 7.92. The molecule has 0 radical (unpaired) electrons. The van der Waals surface area contributed by atoms with E-state index in [2.05, 4.69) is 0 Å². The molecule has 1 fully saturated rings. The molecule has 0 bridgehead atoms. The molecule has 0 aliphatic carbocycles. The molecule has 2 N–H and O–H groups in total. The first-order valence-corrected chi connectivity index (χ1v) is 11.0. The number of carboxylic acid groups (broad SMARTS) is 2. The molecule has 1 aliphatic heterocycles. The van der Waals surface area contributed by atoms with Crippen molar-refractivity contribution in [3.8, 4) is 0 Å². The van der Waals surface area contributed by atoms with Gasteiger partial charge in [-0.15, -0.1) is 0 Å². The fraction of sp³-hybridized carbons (Fsp3) is 0.467. The van der Waals surface area contributed by atoms with Crippen LogP contribution in [0, 0.1) is 6.92 Å². The number of aryl methyl sites for hydroxylation is 1. The van der Waals surface area contributed by atoms with Crippen LogP contribution in [-0.4, -0.2) is 79.5 Å². The van der Waals surface area contributed by atoms with Crippen LogP contribution in [-0.2, 0) is 29.6 Å². The molecule has 152 valence electrons. The van der Waals surface area contributed by atoms with Gasteiger partial charge in [0.05, 0.1) is 10.6 Å². The number of benzene rings is 1. The van der Waals surface area contributed by atoms with Crippen molar-refractivity contribution >= 4 is 32.0 Å². The van der Waals surface area contributed by atoms with Crippen molar-refractivity contribution in [1.29, 1.82) is 0 Å². The summed E-state index contributed by atoms with van der Waals surface area (Å²) in [6.45, 7) is 4.28. The third-order valence-electron chi connectivity index (χ3n) is 3.80. The predicted molar refractivity (Wildman–Crippen MR) is 96.2 cm³/mol. The second kappa shape index (κ2) is 9.26. The van der Waals surface area contributed by atoms with Gasteiger partial charge < -0.3 is 10.2 Å².